The second-order valence-electron chi connectivity index (χ2n) is 9.00. The molecule has 0 bridgehead atoms. The molecule has 1 aliphatic rings. The van der Waals surface area contributed by atoms with Crippen molar-refractivity contribution in [2.45, 2.75) is 83.0 Å². The Bertz CT molecular complexity index is 927. The van der Waals surface area contributed by atoms with Crippen LogP contribution in [0.4, 0.5) is 19.3 Å². The summed E-state index contributed by atoms with van der Waals surface area (Å²) in [6.07, 6.45) is 5.33. The van der Waals surface area contributed by atoms with E-state index in [1.807, 2.05) is 0 Å². The molecule has 0 aliphatic heterocycles. The van der Waals surface area contributed by atoms with Crippen molar-refractivity contribution in [3.63, 3.8) is 0 Å². The lowest BCUT2D eigenvalue weighted by molar-refractivity contribution is 0.118. The molecule has 1 heterocycles. The standard InChI is InChI=1S/C23H31BrF2N4O3/c1-23(2,26)21-28-20(29-33-21)6-4-3-5-13-30(16-9-12-19(25)18(24)14-16)22(32)27-15-7-10-17(31)11-8-15/h9,12,14-15,17,31H,3-8,10-11,13H2,1-2H3,(H,27,32)/t15-,17-. The smallest absolute Gasteiger partial charge is 0.322 e. The molecule has 0 radical (unpaired) electrons. The van der Waals surface area contributed by atoms with E-state index in [2.05, 4.69) is 31.4 Å². The van der Waals surface area contributed by atoms with E-state index in [-0.39, 0.29) is 24.1 Å². The fourth-order valence-corrected chi connectivity index (χ4v) is 4.17. The number of carbonyl (C=O) groups excluding carboxylic acids is 1. The van der Waals surface area contributed by atoms with E-state index in [0.717, 1.165) is 25.7 Å². The molecule has 7 nitrogen and oxygen atoms in total. The van der Waals surface area contributed by atoms with Gasteiger partial charge in [0.1, 0.15) is 5.82 Å². The number of aromatic nitrogens is 2. The minimum Gasteiger partial charge on any atom is -0.393 e. The van der Waals surface area contributed by atoms with Crippen LogP contribution in [0.1, 0.15) is 70.5 Å². The minimum absolute atomic E-state index is 0.0134. The zero-order valence-electron chi connectivity index (χ0n) is 19.0. The number of aliphatic hydroxyl groups is 1. The number of urea groups is 1. The third-order valence-corrected chi connectivity index (χ3v) is 6.35. The van der Waals surface area contributed by atoms with Gasteiger partial charge in [0.05, 0.1) is 10.6 Å². The van der Waals surface area contributed by atoms with Gasteiger partial charge in [0, 0.05) is 24.7 Å². The molecule has 0 saturated heterocycles. The Morgan fingerprint density at radius 2 is 2.00 bits per heavy atom. The minimum atomic E-state index is -1.67. The Morgan fingerprint density at radius 1 is 1.27 bits per heavy atom. The summed E-state index contributed by atoms with van der Waals surface area (Å²) in [6, 6.07) is 4.29. The topological polar surface area (TPSA) is 91.5 Å². The first-order chi connectivity index (χ1) is 15.6. The molecule has 2 aromatic rings. The second-order valence-corrected chi connectivity index (χ2v) is 9.86. The predicted octanol–water partition coefficient (Wildman–Crippen LogP) is 5.41. The Kier molecular flexibility index (Phi) is 8.81. The third-order valence-electron chi connectivity index (χ3n) is 5.74. The van der Waals surface area contributed by atoms with E-state index in [1.54, 1.807) is 17.0 Å². The van der Waals surface area contributed by atoms with Gasteiger partial charge in [-0.2, -0.15) is 4.98 Å². The third kappa shape index (κ3) is 7.46. The van der Waals surface area contributed by atoms with Crippen molar-refractivity contribution in [2.24, 2.45) is 0 Å². The van der Waals surface area contributed by atoms with Crippen LogP contribution in [0, 0.1) is 5.82 Å². The average Bonchev–Trinajstić information content (AvgIpc) is 3.24. The highest BCUT2D eigenvalue weighted by Gasteiger charge is 2.27. The number of aryl methyl sites for hydroxylation is 1. The lowest BCUT2D eigenvalue weighted by Crippen LogP contribution is -2.47. The zero-order chi connectivity index (χ0) is 24.0. The Morgan fingerprint density at radius 3 is 2.64 bits per heavy atom. The molecule has 1 fully saturated rings. The number of anilines is 1. The molecule has 2 N–H and O–H groups in total. The first-order valence-electron chi connectivity index (χ1n) is 11.4. The molecule has 0 spiro atoms. The lowest BCUT2D eigenvalue weighted by Gasteiger charge is -2.30. The number of nitrogens with one attached hydrogen (secondary N) is 1. The summed E-state index contributed by atoms with van der Waals surface area (Å²) in [4.78, 5) is 18.8. The summed E-state index contributed by atoms with van der Waals surface area (Å²) in [5, 5.41) is 16.6. The number of hydrogen-bond acceptors (Lipinski definition) is 5. The fourth-order valence-electron chi connectivity index (χ4n) is 3.80. The maximum absolute atomic E-state index is 13.9. The highest BCUT2D eigenvalue weighted by atomic mass is 79.9. The van der Waals surface area contributed by atoms with Gasteiger partial charge in [0.25, 0.3) is 5.89 Å². The summed E-state index contributed by atoms with van der Waals surface area (Å²) in [7, 11) is 0. The van der Waals surface area contributed by atoms with Crippen LogP contribution in [-0.2, 0) is 12.1 Å². The van der Waals surface area contributed by atoms with Gasteiger partial charge in [-0.15, -0.1) is 0 Å². The molecule has 33 heavy (non-hydrogen) atoms. The van der Waals surface area contributed by atoms with Crippen molar-refractivity contribution in [3.05, 3.63) is 40.2 Å². The van der Waals surface area contributed by atoms with Gasteiger partial charge in [-0.1, -0.05) is 11.6 Å². The Balaban J connectivity index is 1.55. The normalized spacial score (nSPS) is 18.8. The van der Waals surface area contributed by atoms with Gasteiger partial charge in [-0.05, 0) is 86.5 Å². The van der Waals surface area contributed by atoms with E-state index in [0.29, 0.717) is 48.2 Å². The van der Waals surface area contributed by atoms with Crippen molar-refractivity contribution in [2.75, 3.05) is 11.4 Å². The number of nitrogens with zero attached hydrogens (tertiary/aromatic N) is 3. The molecule has 10 heteroatoms. The molecule has 0 unspecified atom stereocenters. The molecule has 2 amide bonds. The maximum atomic E-state index is 13.9. The quantitative estimate of drug-likeness (QED) is 0.424. The molecule has 1 aliphatic carbocycles. The van der Waals surface area contributed by atoms with Gasteiger partial charge >= 0.3 is 6.03 Å². The Hall–Kier alpha value is -2.07. The summed E-state index contributed by atoms with van der Waals surface area (Å²) in [5.41, 5.74) is -1.07. The summed E-state index contributed by atoms with van der Waals surface area (Å²) < 4.78 is 32.9. The molecule has 0 atom stereocenters. The zero-order valence-corrected chi connectivity index (χ0v) is 20.6. The van der Waals surface area contributed by atoms with E-state index in [9.17, 15) is 18.7 Å². The first kappa shape index (κ1) is 25.6. The van der Waals surface area contributed by atoms with Crippen molar-refractivity contribution in [1.82, 2.24) is 15.5 Å². The van der Waals surface area contributed by atoms with Crippen LogP contribution in [0.2, 0.25) is 0 Å². The highest BCUT2D eigenvalue weighted by Crippen LogP contribution is 2.25. The lowest BCUT2D eigenvalue weighted by atomic mass is 9.93. The number of amides is 2. The number of halogens is 3. The molecule has 1 saturated carbocycles. The Labute approximate surface area is 201 Å². The summed E-state index contributed by atoms with van der Waals surface area (Å²) in [6.45, 7) is 3.19. The van der Waals surface area contributed by atoms with E-state index < -0.39 is 11.5 Å². The van der Waals surface area contributed by atoms with Crippen LogP contribution in [0.25, 0.3) is 0 Å². The number of hydrogen-bond donors (Lipinski definition) is 2. The van der Waals surface area contributed by atoms with Crippen LogP contribution >= 0.6 is 15.9 Å². The highest BCUT2D eigenvalue weighted by molar-refractivity contribution is 9.10. The van der Waals surface area contributed by atoms with E-state index in [1.165, 1.54) is 19.9 Å². The number of alkyl halides is 1. The number of rotatable bonds is 9. The van der Waals surface area contributed by atoms with Gasteiger partial charge in [0.2, 0.25) is 0 Å². The molecule has 3 rings (SSSR count). The van der Waals surface area contributed by atoms with E-state index in [4.69, 9.17) is 4.52 Å². The number of benzene rings is 1. The first-order valence-corrected chi connectivity index (χ1v) is 12.2. The summed E-state index contributed by atoms with van der Waals surface area (Å²) in [5.74, 6) is 0.0426. The number of aliphatic hydroxyl groups excluding tert-OH is 1. The predicted molar refractivity (Wildman–Crippen MR) is 124 cm³/mol. The van der Waals surface area contributed by atoms with Crippen molar-refractivity contribution in [1.29, 1.82) is 0 Å². The summed E-state index contributed by atoms with van der Waals surface area (Å²) >= 11 is 3.19. The van der Waals surface area contributed by atoms with Crippen LogP contribution in [0.15, 0.2) is 27.2 Å². The van der Waals surface area contributed by atoms with Crippen molar-refractivity contribution >= 4 is 27.6 Å². The molecular weight excluding hydrogens is 498 g/mol. The van der Waals surface area contributed by atoms with Crippen LogP contribution in [0.5, 0.6) is 0 Å². The van der Waals surface area contributed by atoms with E-state index >= 15 is 0 Å². The van der Waals surface area contributed by atoms with Crippen molar-refractivity contribution in [3.8, 4) is 0 Å². The average molecular weight is 529 g/mol. The van der Waals surface area contributed by atoms with Crippen molar-refractivity contribution < 1.29 is 23.2 Å². The monoisotopic (exact) mass is 528 g/mol. The van der Waals surface area contributed by atoms with Gasteiger partial charge < -0.3 is 14.9 Å². The van der Waals surface area contributed by atoms with Gasteiger partial charge in [0.15, 0.2) is 11.5 Å². The van der Waals surface area contributed by atoms with Gasteiger partial charge in [-0.3, -0.25) is 4.90 Å². The molecule has 182 valence electrons. The number of unbranched alkanes of at least 4 members (excludes halogenated alkanes) is 2. The maximum Gasteiger partial charge on any atom is 0.322 e. The molecule has 1 aromatic heterocycles. The fraction of sp³-hybridized carbons (Fsp3) is 0.609. The SMILES string of the molecule is CC(C)(F)c1nc(CCCCCN(C(=O)N[C@H]2CC[C@H](O)CC2)c2ccc(F)c(Br)c2)no1. The van der Waals surface area contributed by atoms with Crippen LogP contribution < -0.4 is 10.2 Å². The largest absolute Gasteiger partial charge is 0.393 e. The molecule has 1 aromatic carbocycles. The second kappa shape index (κ2) is 11.4. The number of carbonyl (C=O) groups is 1. The van der Waals surface area contributed by atoms with Crippen LogP contribution in [-0.4, -0.2) is 40.0 Å². The molecular formula is C23H31BrF2N4O3. The van der Waals surface area contributed by atoms with Gasteiger partial charge in [-0.25, -0.2) is 13.6 Å². The van der Waals surface area contributed by atoms with Crippen LogP contribution in [0.3, 0.4) is 0 Å².